The highest BCUT2D eigenvalue weighted by Crippen LogP contribution is 2.44. The molecule has 0 saturated heterocycles. The fourth-order valence-electron chi connectivity index (χ4n) is 4.07. The third-order valence-electron chi connectivity index (χ3n) is 5.39. The zero-order chi connectivity index (χ0) is 14.3. The fourth-order valence-corrected chi connectivity index (χ4v) is 5.44. The van der Waals surface area contributed by atoms with Gasteiger partial charge in [-0.25, -0.2) is 4.98 Å². The minimum absolute atomic E-state index is 0.00380. The normalized spacial score (nSPS) is 32.9. The molecule has 0 aromatic carbocycles. The summed E-state index contributed by atoms with van der Waals surface area (Å²) in [6.45, 7) is 0. The maximum atomic E-state index is 5.93. The van der Waals surface area contributed by atoms with Crippen molar-refractivity contribution < 1.29 is 4.74 Å². The predicted molar refractivity (Wildman–Crippen MR) is 85.9 cm³/mol. The first-order chi connectivity index (χ1) is 10.3. The first kappa shape index (κ1) is 14.2. The number of nitrogens with one attached hydrogen (secondary N) is 1. The van der Waals surface area contributed by atoms with Crippen LogP contribution >= 0.6 is 11.3 Å². The quantitative estimate of drug-likeness (QED) is 0.923. The topological polar surface area (TPSA) is 34.1 Å². The zero-order valence-corrected chi connectivity index (χ0v) is 13.8. The standard InChI is InChI=1S/C17H26N2OS/c1-20-15-8-4-5-11-17(15,19-12-9-10-12)16-18-13-6-2-3-7-14(13)21-16/h12,15,19H,2-11H2,1H3. The molecule has 2 unspecified atom stereocenters. The molecule has 1 aromatic rings. The average molecular weight is 306 g/mol. The number of fused-ring (bicyclic) bond motifs is 1. The lowest BCUT2D eigenvalue weighted by Gasteiger charge is -2.43. The van der Waals surface area contributed by atoms with Gasteiger partial charge in [-0.15, -0.1) is 11.3 Å². The third-order valence-corrected chi connectivity index (χ3v) is 6.72. The van der Waals surface area contributed by atoms with Crippen molar-refractivity contribution in [2.24, 2.45) is 0 Å². The van der Waals surface area contributed by atoms with Crippen molar-refractivity contribution in [1.82, 2.24) is 10.3 Å². The summed E-state index contributed by atoms with van der Waals surface area (Å²) in [5.74, 6) is 0. The highest BCUT2D eigenvalue weighted by Gasteiger charge is 2.48. The third kappa shape index (κ3) is 2.55. The molecule has 0 radical (unpaired) electrons. The van der Waals surface area contributed by atoms with E-state index >= 15 is 0 Å². The number of methoxy groups -OCH3 is 1. The van der Waals surface area contributed by atoms with Crippen LogP contribution in [0, 0.1) is 0 Å². The van der Waals surface area contributed by atoms with E-state index in [1.807, 2.05) is 18.4 Å². The summed E-state index contributed by atoms with van der Waals surface area (Å²) < 4.78 is 5.93. The van der Waals surface area contributed by atoms with Crippen molar-refractivity contribution >= 4 is 11.3 Å². The smallest absolute Gasteiger partial charge is 0.116 e. The maximum Gasteiger partial charge on any atom is 0.116 e. The van der Waals surface area contributed by atoms with E-state index in [0.29, 0.717) is 12.1 Å². The molecule has 0 aliphatic heterocycles. The van der Waals surface area contributed by atoms with Crippen LogP contribution in [0.2, 0.25) is 0 Å². The van der Waals surface area contributed by atoms with Gasteiger partial charge in [0.15, 0.2) is 0 Å². The molecule has 116 valence electrons. The van der Waals surface area contributed by atoms with E-state index < -0.39 is 0 Å². The van der Waals surface area contributed by atoms with Gasteiger partial charge in [-0.05, 0) is 51.4 Å². The molecule has 1 heterocycles. The van der Waals surface area contributed by atoms with Crippen LogP contribution in [0.25, 0.3) is 0 Å². The number of nitrogens with zero attached hydrogens (tertiary/aromatic N) is 1. The Morgan fingerprint density at radius 2 is 2.00 bits per heavy atom. The van der Waals surface area contributed by atoms with Gasteiger partial charge < -0.3 is 10.1 Å². The predicted octanol–water partition coefficient (Wildman–Crippen LogP) is 3.56. The van der Waals surface area contributed by atoms with Crippen molar-refractivity contribution in [2.75, 3.05) is 7.11 Å². The molecule has 1 N–H and O–H groups in total. The van der Waals surface area contributed by atoms with Crippen molar-refractivity contribution in [3.05, 3.63) is 15.6 Å². The minimum atomic E-state index is -0.00380. The van der Waals surface area contributed by atoms with E-state index in [1.54, 1.807) is 4.88 Å². The molecule has 1 aromatic heterocycles. The van der Waals surface area contributed by atoms with Crippen LogP contribution in [0.4, 0.5) is 0 Å². The van der Waals surface area contributed by atoms with E-state index in [-0.39, 0.29) is 5.54 Å². The second kappa shape index (κ2) is 5.64. The molecule has 2 saturated carbocycles. The Morgan fingerprint density at radius 1 is 1.14 bits per heavy atom. The van der Waals surface area contributed by atoms with Crippen LogP contribution in [0.5, 0.6) is 0 Å². The van der Waals surface area contributed by atoms with Crippen molar-refractivity contribution in [3.63, 3.8) is 0 Å². The van der Waals surface area contributed by atoms with Gasteiger partial charge in [-0.3, -0.25) is 0 Å². The molecule has 2 atom stereocenters. The molecule has 3 nitrogen and oxygen atoms in total. The minimum Gasteiger partial charge on any atom is -0.379 e. The second-order valence-corrected chi connectivity index (χ2v) is 8.04. The van der Waals surface area contributed by atoms with Gasteiger partial charge in [0, 0.05) is 18.0 Å². The van der Waals surface area contributed by atoms with Gasteiger partial charge in [0.1, 0.15) is 5.01 Å². The maximum absolute atomic E-state index is 5.93. The number of thiazole rings is 1. The van der Waals surface area contributed by atoms with Gasteiger partial charge in [0.25, 0.3) is 0 Å². The zero-order valence-electron chi connectivity index (χ0n) is 13.0. The Labute approximate surface area is 131 Å². The molecule has 3 aliphatic rings. The van der Waals surface area contributed by atoms with Crippen LogP contribution in [0.15, 0.2) is 0 Å². The fraction of sp³-hybridized carbons (Fsp3) is 0.824. The summed E-state index contributed by atoms with van der Waals surface area (Å²) in [4.78, 5) is 6.65. The molecule has 0 bridgehead atoms. The molecule has 4 heteroatoms. The Bertz CT molecular complexity index is 487. The van der Waals surface area contributed by atoms with Gasteiger partial charge in [-0.2, -0.15) is 0 Å². The van der Waals surface area contributed by atoms with E-state index in [0.717, 1.165) is 0 Å². The monoisotopic (exact) mass is 306 g/mol. The number of hydrogen-bond acceptors (Lipinski definition) is 4. The van der Waals surface area contributed by atoms with Gasteiger partial charge in [-0.1, -0.05) is 12.8 Å². The molecule has 4 rings (SSSR count). The SMILES string of the molecule is COC1CCCCC1(NC1CC1)c1nc2c(s1)CCCC2. The molecular weight excluding hydrogens is 280 g/mol. The molecule has 2 fully saturated rings. The second-order valence-electron chi connectivity index (χ2n) is 6.96. The van der Waals surface area contributed by atoms with Gasteiger partial charge in [0.05, 0.1) is 17.3 Å². The lowest BCUT2D eigenvalue weighted by Crippen LogP contribution is -2.55. The summed E-state index contributed by atoms with van der Waals surface area (Å²) in [7, 11) is 1.88. The summed E-state index contributed by atoms with van der Waals surface area (Å²) in [5.41, 5.74) is 1.38. The molecular formula is C17H26N2OS. The lowest BCUT2D eigenvalue weighted by atomic mass is 9.79. The highest BCUT2D eigenvalue weighted by atomic mass is 32.1. The van der Waals surface area contributed by atoms with Crippen LogP contribution in [0.3, 0.4) is 0 Å². The Kier molecular flexibility index (Phi) is 3.80. The van der Waals surface area contributed by atoms with Gasteiger partial charge >= 0.3 is 0 Å². The largest absolute Gasteiger partial charge is 0.379 e. The van der Waals surface area contributed by atoms with E-state index in [1.165, 1.54) is 74.9 Å². The Morgan fingerprint density at radius 3 is 2.76 bits per heavy atom. The van der Waals surface area contributed by atoms with E-state index in [2.05, 4.69) is 5.32 Å². The van der Waals surface area contributed by atoms with E-state index in [4.69, 9.17) is 9.72 Å². The number of rotatable bonds is 4. The molecule has 0 amide bonds. The van der Waals surface area contributed by atoms with E-state index in [9.17, 15) is 0 Å². The number of hydrogen-bond donors (Lipinski definition) is 1. The summed E-state index contributed by atoms with van der Waals surface area (Å²) in [6, 6.07) is 0.696. The van der Waals surface area contributed by atoms with Crippen molar-refractivity contribution in [3.8, 4) is 0 Å². The Hall–Kier alpha value is -0.450. The first-order valence-corrected chi connectivity index (χ1v) is 9.43. The van der Waals surface area contributed by atoms with Crippen LogP contribution in [-0.4, -0.2) is 24.2 Å². The van der Waals surface area contributed by atoms with Crippen molar-refractivity contribution in [1.29, 1.82) is 0 Å². The van der Waals surface area contributed by atoms with Gasteiger partial charge in [0.2, 0.25) is 0 Å². The first-order valence-electron chi connectivity index (χ1n) is 8.61. The molecule has 3 aliphatic carbocycles. The summed E-state index contributed by atoms with van der Waals surface area (Å²) in [6.07, 6.45) is 13.0. The molecule has 21 heavy (non-hydrogen) atoms. The number of ether oxygens (including phenoxy) is 1. The number of aryl methyl sites for hydroxylation is 2. The highest BCUT2D eigenvalue weighted by molar-refractivity contribution is 7.11. The van der Waals surface area contributed by atoms with Crippen molar-refractivity contribution in [2.45, 2.75) is 81.9 Å². The molecule has 0 spiro atoms. The number of aromatic nitrogens is 1. The Balaban J connectivity index is 1.71. The average Bonchev–Trinajstić information content (AvgIpc) is 3.22. The summed E-state index contributed by atoms with van der Waals surface area (Å²) in [5, 5.41) is 5.28. The lowest BCUT2D eigenvalue weighted by molar-refractivity contribution is -0.0166. The van der Waals surface area contributed by atoms with Crippen LogP contribution < -0.4 is 5.32 Å². The van der Waals surface area contributed by atoms with Crippen LogP contribution in [-0.2, 0) is 23.1 Å². The summed E-state index contributed by atoms with van der Waals surface area (Å²) >= 11 is 1.98. The van der Waals surface area contributed by atoms with Crippen LogP contribution in [0.1, 0.15) is 66.9 Å².